The van der Waals surface area contributed by atoms with E-state index in [1.165, 1.54) is 0 Å². The van der Waals surface area contributed by atoms with Gasteiger partial charge in [0, 0.05) is 0 Å². The molecule has 1 rings (SSSR count). The van der Waals surface area contributed by atoms with Gasteiger partial charge in [0.05, 0.1) is 19.3 Å². The van der Waals surface area contributed by atoms with Gasteiger partial charge in [0.2, 0.25) is 0 Å². The van der Waals surface area contributed by atoms with Gasteiger partial charge < -0.3 is 14.8 Å². The van der Waals surface area contributed by atoms with E-state index in [0.717, 1.165) is 0 Å². The molecule has 0 aliphatic carbocycles. The number of carbonyl (C=O) groups is 1. The van der Waals surface area contributed by atoms with Gasteiger partial charge in [-0.3, -0.25) is 0 Å². The second-order valence-corrected chi connectivity index (χ2v) is 4.31. The first kappa shape index (κ1) is 11.2. The third-order valence-electron chi connectivity index (χ3n) is 1.71. The molecule has 2 atom stereocenters. The van der Waals surface area contributed by atoms with E-state index >= 15 is 0 Å². The Morgan fingerprint density at radius 1 is 1.50 bits per heavy atom. The van der Waals surface area contributed by atoms with E-state index in [-0.39, 0.29) is 13.2 Å². The topological polar surface area (TPSA) is 47.6 Å². The van der Waals surface area contributed by atoms with Crippen molar-refractivity contribution in [3.63, 3.8) is 0 Å². The second-order valence-electron chi connectivity index (χ2n) is 4.31. The fourth-order valence-corrected chi connectivity index (χ4v) is 1.12. The molecule has 1 saturated heterocycles. The molecule has 0 bridgehead atoms. The molecule has 0 spiro atoms. The molecule has 1 N–H and O–H groups in total. The Labute approximate surface area is 82.8 Å². The molecule has 1 amide bonds. The van der Waals surface area contributed by atoms with Crippen LogP contribution in [0.25, 0.3) is 0 Å². The van der Waals surface area contributed by atoms with Gasteiger partial charge in [-0.2, -0.15) is 0 Å². The van der Waals surface area contributed by atoms with Crippen molar-refractivity contribution in [1.29, 1.82) is 0 Å². The van der Waals surface area contributed by atoms with Crippen LogP contribution < -0.4 is 5.32 Å². The minimum atomic E-state index is -1.14. The number of ether oxygens (including phenoxy) is 2. The van der Waals surface area contributed by atoms with Crippen LogP contribution in [0.4, 0.5) is 9.18 Å². The third kappa shape index (κ3) is 3.49. The summed E-state index contributed by atoms with van der Waals surface area (Å²) in [5, 5.41) is 2.42. The van der Waals surface area contributed by atoms with Gasteiger partial charge in [-0.25, -0.2) is 9.18 Å². The van der Waals surface area contributed by atoms with Gasteiger partial charge in [-0.05, 0) is 20.8 Å². The number of rotatable bonds is 1. The van der Waals surface area contributed by atoms with E-state index in [9.17, 15) is 9.18 Å². The lowest BCUT2D eigenvalue weighted by Gasteiger charge is -2.21. The molecular weight excluding hydrogens is 189 g/mol. The molecule has 0 aromatic carbocycles. The van der Waals surface area contributed by atoms with Crippen molar-refractivity contribution in [3.05, 3.63) is 0 Å². The van der Waals surface area contributed by atoms with Crippen molar-refractivity contribution in [2.75, 3.05) is 13.2 Å². The standard InChI is InChI=1S/C9H16FNO3/c1-9(2,3)14-8(12)11-7-5-13-4-6(7)10/h6-7H,4-5H2,1-3H3,(H,11,12)/t6-,7+/m1/s1. The highest BCUT2D eigenvalue weighted by Crippen LogP contribution is 2.11. The summed E-state index contributed by atoms with van der Waals surface area (Å²) in [7, 11) is 0. The highest BCUT2D eigenvalue weighted by atomic mass is 19.1. The monoisotopic (exact) mass is 205 g/mol. The van der Waals surface area contributed by atoms with E-state index < -0.39 is 23.9 Å². The first-order chi connectivity index (χ1) is 6.38. The molecule has 0 radical (unpaired) electrons. The highest BCUT2D eigenvalue weighted by molar-refractivity contribution is 5.68. The van der Waals surface area contributed by atoms with Gasteiger partial charge in [-0.15, -0.1) is 0 Å². The predicted molar refractivity (Wildman–Crippen MR) is 48.9 cm³/mol. The zero-order chi connectivity index (χ0) is 10.8. The maximum atomic E-state index is 13.0. The van der Waals surface area contributed by atoms with Crippen molar-refractivity contribution in [2.45, 2.75) is 38.6 Å². The predicted octanol–water partition coefficient (Wildman–Crippen LogP) is 1.25. The van der Waals surface area contributed by atoms with Crippen LogP contribution in [0, 0.1) is 0 Å². The van der Waals surface area contributed by atoms with Gasteiger partial charge in [0.1, 0.15) is 11.8 Å². The number of hydrogen-bond donors (Lipinski definition) is 1. The first-order valence-electron chi connectivity index (χ1n) is 4.60. The molecule has 1 heterocycles. The smallest absolute Gasteiger partial charge is 0.408 e. The van der Waals surface area contributed by atoms with Crippen LogP contribution in [0.1, 0.15) is 20.8 Å². The maximum absolute atomic E-state index is 13.0. The highest BCUT2D eigenvalue weighted by Gasteiger charge is 2.30. The molecule has 1 aliphatic rings. The molecule has 1 fully saturated rings. The van der Waals surface area contributed by atoms with Crippen molar-refractivity contribution in [1.82, 2.24) is 5.32 Å². The van der Waals surface area contributed by atoms with Crippen LogP contribution in [0.3, 0.4) is 0 Å². The Morgan fingerprint density at radius 2 is 2.14 bits per heavy atom. The van der Waals surface area contributed by atoms with Gasteiger partial charge >= 0.3 is 6.09 Å². The van der Waals surface area contributed by atoms with Crippen molar-refractivity contribution >= 4 is 6.09 Å². The lowest BCUT2D eigenvalue weighted by atomic mass is 10.2. The molecule has 14 heavy (non-hydrogen) atoms. The van der Waals surface area contributed by atoms with E-state index in [1.54, 1.807) is 20.8 Å². The number of carbonyl (C=O) groups excluding carboxylic acids is 1. The number of alkyl halides is 1. The zero-order valence-corrected chi connectivity index (χ0v) is 8.67. The van der Waals surface area contributed by atoms with Crippen LogP contribution >= 0.6 is 0 Å². The Morgan fingerprint density at radius 3 is 2.57 bits per heavy atom. The largest absolute Gasteiger partial charge is 0.444 e. The molecule has 5 heteroatoms. The molecule has 0 aromatic rings. The molecule has 0 unspecified atom stereocenters. The van der Waals surface area contributed by atoms with Gasteiger partial charge in [0.15, 0.2) is 0 Å². The van der Waals surface area contributed by atoms with Gasteiger partial charge in [0.25, 0.3) is 0 Å². The average Bonchev–Trinajstić information content (AvgIpc) is 2.32. The molecule has 1 aliphatic heterocycles. The van der Waals surface area contributed by atoms with Gasteiger partial charge in [-0.1, -0.05) is 0 Å². The van der Waals surface area contributed by atoms with E-state index in [1.807, 2.05) is 0 Å². The quantitative estimate of drug-likeness (QED) is 0.700. The lowest BCUT2D eigenvalue weighted by Crippen LogP contribution is -2.43. The second kappa shape index (κ2) is 4.13. The summed E-state index contributed by atoms with van der Waals surface area (Å²) in [4.78, 5) is 11.2. The number of alkyl carbamates (subject to hydrolysis) is 1. The minimum absolute atomic E-state index is 0.0421. The summed E-state index contributed by atoms with van der Waals surface area (Å²) in [5.74, 6) is 0. The summed E-state index contributed by atoms with van der Waals surface area (Å²) in [6, 6.07) is -0.579. The van der Waals surface area contributed by atoms with E-state index in [4.69, 9.17) is 9.47 Å². The lowest BCUT2D eigenvalue weighted by molar-refractivity contribution is 0.0485. The average molecular weight is 205 g/mol. The summed E-state index contributed by atoms with van der Waals surface area (Å²) < 4.78 is 22.8. The minimum Gasteiger partial charge on any atom is -0.444 e. The molecule has 0 saturated carbocycles. The Balaban J connectivity index is 2.33. The van der Waals surface area contributed by atoms with E-state index in [0.29, 0.717) is 0 Å². The van der Waals surface area contributed by atoms with Crippen molar-refractivity contribution < 1.29 is 18.7 Å². The molecule has 4 nitrogen and oxygen atoms in total. The van der Waals surface area contributed by atoms with Crippen LogP contribution in [0.15, 0.2) is 0 Å². The zero-order valence-electron chi connectivity index (χ0n) is 8.67. The summed E-state index contributed by atoms with van der Waals surface area (Å²) in [6.45, 7) is 5.51. The van der Waals surface area contributed by atoms with Crippen molar-refractivity contribution in [3.8, 4) is 0 Å². The number of nitrogens with one attached hydrogen (secondary N) is 1. The fraction of sp³-hybridized carbons (Fsp3) is 0.889. The molecular formula is C9H16FNO3. The Kier molecular flexibility index (Phi) is 3.31. The molecule has 82 valence electrons. The summed E-state index contributed by atoms with van der Waals surface area (Å²) in [5.41, 5.74) is -0.560. The summed E-state index contributed by atoms with van der Waals surface area (Å²) in [6.07, 6.45) is -1.74. The van der Waals surface area contributed by atoms with Crippen LogP contribution in [-0.2, 0) is 9.47 Å². The van der Waals surface area contributed by atoms with Crippen LogP contribution in [-0.4, -0.2) is 37.1 Å². The third-order valence-corrected chi connectivity index (χ3v) is 1.71. The van der Waals surface area contributed by atoms with Crippen LogP contribution in [0.5, 0.6) is 0 Å². The maximum Gasteiger partial charge on any atom is 0.408 e. The Bertz CT molecular complexity index is 215. The molecule has 0 aromatic heterocycles. The number of halogens is 1. The normalized spacial score (nSPS) is 27.4. The fourth-order valence-electron chi connectivity index (χ4n) is 1.12. The summed E-state index contributed by atoms with van der Waals surface area (Å²) >= 11 is 0. The Hall–Kier alpha value is -0.840. The number of amides is 1. The van der Waals surface area contributed by atoms with Crippen LogP contribution in [0.2, 0.25) is 0 Å². The number of hydrogen-bond acceptors (Lipinski definition) is 3. The first-order valence-corrected chi connectivity index (χ1v) is 4.60. The van der Waals surface area contributed by atoms with Crippen molar-refractivity contribution in [2.24, 2.45) is 0 Å². The van der Waals surface area contributed by atoms with E-state index in [2.05, 4.69) is 5.32 Å². The SMILES string of the molecule is CC(C)(C)OC(=O)N[C@H]1COC[C@H]1F.